The summed E-state index contributed by atoms with van der Waals surface area (Å²) in [5.74, 6) is 0. The molecule has 112 valence electrons. The number of aryl methyl sites for hydroxylation is 3. The Balaban J connectivity index is 2.32. The summed E-state index contributed by atoms with van der Waals surface area (Å²) < 4.78 is 6.04. The lowest BCUT2D eigenvalue weighted by molar-refractivity contribution is -0.0613. The van der Waals surface area contributed by atoms with Gasteiger partial charge in [-0.05, 0) is 56.6 Å². The molecule has 1 aromatic rings. The van der Waals surface area contributed by atoms with E-state index in [1.807, 2.05) is 0 Å². The third kappa shape index (κ3) is 3.22. The zero-order valence-electron chi connectivity index (χ0n) is 13.5. The van der Waals surface area contributed by atoms with Gasteiger partial charge in [0.2, 0.25) is 0 Å². The van der Waals surface area contributed by atoms with Crippen LogP contribution in [0.15, 0.2) is 12.1 Å². The van der Waals surface area contributed by atoms with Gasteiger partial charge in [0.15, 0.2) is 0 Å². The van der Waals surface area contributed by atoms with Crippen molar-refractivity contribution in [2.75, 3.05) is 33.3 Å². The molecular formula is C17H28N2O. The Bertz CT molecular complexity index is 459. The van der Waals surface area contributed by atoms with E-state index in [1.165, 1.54) is 22.3 Å². The van der Waals surface area contributed by atoms with Crippen molar-refractivity contribution in [3.05, 3.63) is 34.4 Å². The number of nitrogens with one attached hydrogen (secondary N) is 1. The van der Waals surface area contributed by atoms with Crippen LogP contribution in [-0.2, 0) is 4.74 Å². The molecule has 0 aromatic heterocycles. The Kier molecular flexibility index (Phi) is 5.19. The van der Waals surface area contributed by atoms with E-state index in [0.717, 1.165) is 26.2 Å². The van der Waals surface area contributed by atoms with E-state index in [1.54, 1.807) is 0 Å². The quantitative estimate of drug-likeness (QED) is 0.915. The van der Waals surface area contributed by atoms with Crippen LogP contribution in [0.4, 0.5) is 0 Å². The third-order valence-electron chi connectivity index (χ3n) is 4.40. The summed E-state index contributed by atoms with van der Waals surface area (Å²) in [7, 11) is 2.21. The van der Waals surface area contributed by atoms with Crippen LogP contribution in [0.25, 0.3) is 0 Å². The highest BCUT2D eigenvalue weighted by molar-refractivity contribution is 5.39. The van der Waals surface area contributed by atoms with Gasteiger partial charge >= 0.3 is 0 Å². The average Bonchev–Trinajstić information content (AvgIpc) is 2.41. The molecule has 3 heteroatoms. The number of likely N-dealkylation sites (N-methyl/N-ethyl adjacent to an activating group) is 2. The highest BCUT2D eigenvalue weighted by atomic mass is 16.5. The highest BCUT2D eigenvalue weighted by Gasteiger charge is 2.32. The molecule has 0 saturated carbocycles. The summed E-state index contributed by atoms with van der Waals surface area (Å²) in [5, 5.41) is 3.43. The maximum Gasteiger partial charge on any atom is 0.0896 e. The fraction of sp³-hybridized carbons (Fsp3) is 0.647. The zero-order chi connectivity index (χ0) is 14.7. The molecule has 1 fully saturated rings. The lowest BCUT2D eigenvalue weighted by Crippen LogP contribution is -2.47. The molecule has 0 spiro atoms. The van der Waals surface area contributed by atoms with Gasteiger partial charge < -0.3 is 10.1 Å². The van der Waals surface area contributed by atoms with Gasteiger partial charge in [0, 0.05) is 13.1 Å². The van der Waals surface area contributed by atoms with Gasteiger partial charge in [0.1, 0.15) is 0 Å². The molecule has 0 amide bonds. The lowest BCUT2D eigenvalue weighted by atomic mass is 9.91. The van der Waals surface area contributed by atoms with Crippen molar-refractivity contribution in [3.8, 4) is 0 Å². The van der Waals surface area contributed by atoms with Crippen molar-refractivity contribution < 1.29 is 4.74 Å². The number of nitrogens with zero attached hydrogens (tertiary/aromatic N) is 1. The average molecular weight is 276 g/mol. The van der Waals surface area contributed by atoms with Gasteiger partial charge in [0.05, 0.1) is 18.8 Å². The second-order valence-electron chi connectivity index (χ2n) is 5.94. The summed E-state index contributed by atoms with van der Waals surface area (Å²) in [6, 6.07) is 5.00. The number of morpholine rings is 1. The van der Waals surface area contributed by atoms with E-state index < -0.39 is 0 Å². The fourth-order valence-corrected chi connectivity index (χ4v) is 3.06. The minimum absolute atomic E-state index is 0.231. The van der Waals surface area contributed by atoms with Crippen LogP contribution in [0, 0.1) is 20.8 Å². The molecular weight excluding hydrogens is 248 g/mol. The van der Waals surface area contributed by atoms with E-state index in [-0.39, 0.29) is 6.10 Å². The first-order valence-electron chi connectivity index (χ1n) is 7.65. The monoisotopic (exact) mass is 276 g/mol. The molecule has 0 bridgehead atoms. The van der Waals surface area contributed by atoms with Crippen molar-refractivity contribution in [1.82, 2.24) is 10.2 Å². The van der Waals surface area contributed by atoms with Crippen LogP contribution in [0.5, 0.6) is 0 Å². The van der Waals surface area contributed by atoms with E-state index in [9.17, 15) is 0 Å². The summed E-state index contributed by atoms with van der Waals surface area (Å²) in [5.41, 5.74) is 5.52. The molecule has 1 aliphatic rings. The summed E-state index contributed by atoms with van der Waals surface area (Å²) in [6.07, 6.45) is 0.231. The van der Waals surface area contributed by atoms with Crippen LogP contribution in [0.2, 0.25) is 0 Å². The van der Waals surface area contributed by atoms with Gasteiger partial charge in [-0.25, -0.2) is 0 Å². The molecule has 3 nitrogen and oxygen atoms in total. The largest absolute Gasteiger partial charge is 0.374 e. The van der Waals surface area contributed by atoms with Crippen LogP contribution < -0.4 is 5.32 Å². The molecule has 1 N–H and O–H groups in total. The van der Waals surface area contributed by atoms with Crippen molar-refractivity contribution in [3.63, 3.8) is 0 Å². The standard InChI is InChI=1S/C17H28N2O/c1-6-18-11-16-17(19(5)7-8-20-16)15-10-13(3)12(2)9-14(15)4/h9-10,16-18H,6-8,11H2,1-5H3. The van der Waals surface area contributed by atoms with Gasteiger partial charge in [0.25, 0.3) is 0 Å². The van der Waals surface area contributed by atoms with E-state index in [4.69, 9.17) is 4.74 Å². The van der Waals surface area contributed by atoms with E-state index >= 15 is 0 Å². The molecule has 1 aromatic carbocycles. The SMILES string of the molecule is CCNCC1OCCN(C)C1c1cc(C)c(C)cc1C. The van der Waals surface area contributed by atoms with Crippen LogP contribution in [-0.4, -0.2) is 44.3 Å². The van der Waals surface area contributed by atoms with Crippen LogP contribution in [0.1, 0.15) is 35.2 Å². The predicted molar refractivity (Wildman–Crippen MR) is 84.3 cm³/mol. The molecule has 2 rings (SSSR count). The molecule has 20 heavy (non-hydrogen) atoms. The van der Waals surface area contributed by atoms with Gasteiger partial charge in [-0.3, -0.25) is 4.90 Å². The van der Waals surface area contributed by atoms with Crippen molar-refractivity contribution >= 4 is 0 Å². The Hall–Kier alpha value is -0.900. The van der Waals surface area contributed by atoms with Gasteiger partial charge in [-0.1, -0.05) is 19.1 Å². The van der Waals surface area contributed by atoms with Gasteiger partial charge in [-0.2, -0.15) is 0 Å². The fourth-order valence-electron chi connectivity index (χ4n) is 3.06. The van der Waals surface area contributed by atoms with Crippen molar-refractivity contribution in [2.45, 2.75) is 39.8 Å². The molecule has 1 heterocycles. The minimum Gasteiger partial charge on any atom is -0.374 e. The Morgan fingerprint density at radius 1 is 1.20 bits per heavy atom. The summed E-state index contributed by atoms with van der Waals surface area (Å²) >= 11 is 0. The second-order valence-corrected chi connectivity index (χ2v) is 5.94. The van der Waals surface area contributed by atoms with Crippen LogP contribution in [0.3, 0.4) is 0 Å². The highest BCUT2D eigenvalue weighted by Crippen LogP contribution is 2.31. The first kappa shape index (κ1) is 15.5. The molecule has 2 unspecified atom stereocenters. The molecule has 1 saturated heterocycles. The summed E-state index contributed by atoms with van der Waals surface area (Å²) in [4.78, 5) is 2.43. The summed E-state index contributed by atoms with van der Waals surface area (Å²) in [6.45, 7) is 12.5. The molecule has 1 aliphatic heterocycles. The van der Waals surface area contributed by atoms with Crippen molar-refractivity contribution in [2.24, 2.45) is 0 Å². The number of rotatable bonds is 4. The maximum absolute atomic E-state index is 6.04. The zero-order valence-corrected chi connectivity index (χ0v) is 13.5. The topological polar surface area (TPSA) is 24.5 Å². The normalized spacial score (nSPS) is 24.1. The maximum atomic E-state index is 6.04. The van der Waals surface area contributed by atoms with Crippen molar-refractivity contribution in [1.29, 1.82) is 0 Å². The Morgan fingerprint density at radius 3 is 2.60 bits per heavy atom. The number of benzene rings is 1. The first-order valence-corrected chi connectivity index (χ1v) is 7.65. The van der Waals surface area contributed by atoms with Crippen LogP contribution >= 0.6 is 0 Å². The molecule has 2 atom stereocenters. The smallest absolute Gasteiger partial charge is 0.0896 e. The van der Waals surface area contributed by atoms with E-state index in [0.29, 0.717) is 6.04 Å². The first-order chi connectivity index (χ1) is 9.54. The lowest BCUT2D eigenvalue weighted by Gasteiger charge is -2.40. The predicted octanol–water partition coefficient (Wildman–Crippen LogP) is 2.59. The number of ether oxygens (including phenoxy) is 1. The van der Waals surface area contributed by atoms with Gasteiger partial charge in [-0.15, -0.1) is 0 Å². The minimum atomic E-state index is 0.231. The molecule has 0 radical (unpaired) electrons. The third-order valence-corrected chi connectivity index (χ3v) is 4.40. The van der Waals surface area contributed by atoms with E-state index in [2.05, 4.69) is 57.1 Å². The number of hydrogen-bond donors (Lipinski definition) is 1. The number of hydrogen-bond acceptors (Lipinski definition) is 3. The Morgan fingerprint density at radius 2 is 1.90 bits per heavy atom. The Labute approximate surface area is 123 Å². The molecule has 0 aliphatic carbocycles. The second kappa shape index (κ2) is 6.70.